The Hall–Kier alpha value is -3.10. The summed E-state index contributed by atoms with van der Waals surface area (Å²) < 4.78 is 78.6. The lowest BCUT2D eigenvalue weighted by atomic mass is 10.0. The van der Waals surface area contributed by atoms with Crippen molar-refractivity contribution in [1.82, 2.24) is 9.97 Å². The van der Waals surface area contributed by atoms with Crippen molar-refractivity contribution in [3.8, 4) is 11.3 Å². The van der Waals surface area contributed by atoms with Crippen molar-refractivity contribution in [1.29, 1.82) is 0 Å². The third-order valence-electron chi connectivity index (χ3n) is 3.86. The highest BCUT2D eigenvalue weighted by atomic mass is 19.4. The van der Waals surface area contributed by atoms with Crippen LogP contribution in [0.15, 0.2) is 60.9 Å². The van der Waals surface area contributed by atoms with Crippen molar-refractivity contribution in [2.45, 2.75) is 18.9 Å². The molecule has 0 fully saturated rings. The van der Waals surface area contributed by atoms with Crippen LogP contribution in [0.25, 0.3) is 11.3 Å². The summed E-state index contributed by atoms with van der Waals surface area (Å²) in [7, 11) is 0. The van der Waals surface area contributed by atoms with Gasteiger partial charge in [0, 0.05) is 24.5 Å². The quantitative estimate of drug-likeness (QED) is 0.566. The lowest BCUT2D eigenvalue weighted by Crippen LogP contribution is -2.11. The first-order chi connectivity index (χ1) is 13.1. The van der Waals surface area contributed by atoms with Gasteiger partial charge in [-0.3, -0.25) is 4.98 Å². The second kappa shape index (κ2) is 7.49. The number of hydrogen-bond acceptors (Lipinski definition) is 3. The predicted molar refractivity (Wildman–Crippen MR) is 91.2 cm³/mol. The van der Waals surface area contributed by atoms with E-state index in [9.17, 15) is 26.3 Å². The van der Waals surface area contributed by atoms with Crippen LogP contribution in [0.1, 0.15) is 16.7 Å². The molecule has 0 unspecified atom stereocenters. The normalized spacial score (nSPS) is 12.1. The molecule has 1 heterocycles. The van der Waals surface area contributed by atoms with Gasteiger partial charge in [-0.25, -0.2) is 4.98 Å². The van der Waals surface area contributed by atoms with Gasteiger partial charge in [0.25, 0.3) is 0 Å². The lowest BCUT2D eigenvalue weighted by molar-refractivity contribution is -0.143. The maximum absolute atomic E-state index is 13.1. The molecule has 3 nitrogen and oxygen atoms in total. The molecular formula is C19H13F6N3. The number of benzene rings is 2. The van der Waals surface area contributed by atoms with E-state index in [-0.39, 0.29) is 29.7 Å². The molecule has 0 aliphatic rings. The summed E-state index contributed by atoms with van der Waals surface area (Å²) in [6, 6.07) is 10.4. The van der Waals surface area contributed by atoms with Crippen LogP contribution in [0, 0.1) is 0 Å². The fourth-order valence-corrected chi connectivity index (χ4v) is 2.55. The number of nitrogens with one attached hydrogen (secondary N) is 1. The average Bonchev–Trinajstić information content (AvgIpc) is 2.66. The largest absolute Gasteiger partial charge is 0.416 e. The molecule has 0 saturated heterocycles. The van der Waals surface area contributed by atoms with E-state index in [0.29, 0.717) is 12.1 Å². The van der Waals surface area contributed by atoms with E-state index in [1.54, 1.807) is 12.1 Å². The molecule has 0 radical (unpaired) electrons. The van der Waals surface area contributed by atoms with E-state index in [1.165, 1.54) is 12.4 Å². The molecule has 0 aliphatic heterocycles. The summed E-state index contributed by atoms with van der Waals surface area (Å²) in [5, 5.41) is 2.91. The summed E-state index contributed by atoms with van der Waals surface area (Å²) in [4.78, 5) is 7.97. The van der Waals surface area contributed by atoms with Crippen LogP contribution in [0.5, 0.6) is 0 Å². The van der Waals surface area contributed by atoms with E-state index in [0.717, 1.165) is 5.56 Å². The van der Waals surface area contributed by atoms with Crippen LogP contribution >= 0.6 is 0 Å². The first kappa shape index (κ1) is 19.7. The highest BCUT2D eigenvalue weighted by Crippen LogP contribution is 2.39. The van der Waals surface area contributed by atoms with E-state index in [1.807, 2.05) is 18.2 Å². The fourth-order valence-electron chi connectivity index (χ4n) is 2.55. The molecule has 0 spiro atoms. The van der Waals surface area contributed by atoms with Crippen LogP contribution in [0.4, 0.5) is 32.2 Å². The maximum atomic E-state index is 13.1. The first-order valence-corrected chi connectivity index (χ1v) is 8.03. The molecule has 3 aromatic rings. The van der Waals surface area contributed by atoms with Crippen LogP contribution in [0.3, 0.4) is 0 Å². The minimum absolute atomic E-state index is 0.0803. The number of halogens is 6. The number of hydrogen-bond donors (Lipinski definition) is 1. The standard InChI is InChI=1S/C19H13F6N3/c20-18(21,22)14-8-13(9-15(10-14)19(23,24)25)16-17(27-7-6-26-16)28-11-12-4-2-1-3-5-12/h1-10H,11H2,(H,27,28). The molecule has 0 atom stereocenters. The Labute approximate surface area is 156 Å². The van der Waals surface area contributed by atoms with Gasteiger partial charge in [0.2, 0.25) is 0 Å². The molecule has 0 aliphatic carbocycles. The molecule has 28 heavy (non-hydrogen) atoms. The molecule has 146 valence electrons. The third-order valence-corrected chi connectivity index (χ3v) is 3.86. The molecule has 9 heteroatoms. The van der Waals surface area contributed by atoms with Crippen molar-refractivity contribution in [3.63, 3.8) is 0 Å². The second-order valence-electron chi connectivity index (χ2n) is 5.89. The van der Waals surface area contributed by atoms with Crippen molar-refractivity contribution >= 4 is 5.82 Å². The molecule has 2 aromatic carbocycles. The maximum Gasteiger partial charge on any atom is 0.416 e. The zero-order chi connectivity index (χ0) is 20.4. The summed E-state index contributed by atoms with van der Waals surface area (Å²) in [6.07, 6.45) is -7.36. The average molecular weight is 397 g/mol. The Kier molecular flexibility index (Phi) is 5.26. The van der Waals surface area contributed by atoms with Crippen molar-refractivity contribution in [2.75, 3.05) is 5.32 Å². The number of nitrogens with zero attached hydrogens (tertiary/aromatic N) is 2. The lowest BCUT2D eigenvalue weighted by Gasteiger charge is -2.15. The monoisotopic (exact) mass is 397 g/mol. The predicted octanol–water partition coefficient (Wildman–Crippen LogP) is 5.79. The third kappa shape index (κ3) is 4.59. The molecule has 3 rings (SSSR count). The van der Waals surface area contributed by atoms with Gasteiger partial charge in [0.1, 0.15) is 5.69 Å². The van der Waals surface area contributed by atoms with E-state index < -0.39 is 23.5 Å². The van der Waals surface area contributed by atoms with E-state index >= 15 is 0 Å². The molecular weight excluding hydrogens is 384 g/mol. The zero-order valence-electron chi connectivity index (χ0n) is 14.1. The van der Waals surface area contributed by atoms with Gasteiger partial charge >= 0.3 is 12.4 Å². The highest BCUT2D eigenvalue weighted by Gasteiger charge is 2.37. The molecule has 0 saturated carbocycles. The number of aromatic nitrogens is 2. The zero-order valence-corrected chi connectivity index (χ0v) is 14.1. The summed E-state index contributed by atoms with van der Waals surface area (Å²) in [5.41, 5.74) is -2.38. The first-order valence-electron chi connectivity index (χ1n) is 8.03. The SMILES string of the molecule is FC(F)(F)c1cc(-c2nccnc2NCc2ccccc2)cc(C(F)(F)F)c1. The molecule has 0 bridgehead atoms. The summed E-state index contributed by atoms with van der Waals surface area (Å²) in [5.74, 6) is 0.0822. The summed E-state index contributed by atoms with van der Waals surface area (Å²) >= 11 is 0. The Balaban J connectivity index is 2.03. The van der Waals surface area contributed by atoms with Gasteiger partial charge in [-0.1, -0.05) is 30.3 Å². The van der Waals surface area contributed by atoms with Crippen LogP contribution in [0.2, 0.25) is 0 Å². The van der Waals surface area contributed by atoms with Crippen LogP contribution in [-0.2, 0) is 18.9 Å². The smallest absolute Gasteiger partial charge is 0.364 e. The van der Waals surface area contributed by atoms with Crippen molar-refractivity contribution in [2.24, 2.45) is 0 Å². The minimum atomic E-state index is -4.93. The Morgan fingerprint density at radius 3 is 1.89 bits per heavy atom. The fraction of sp³-hybridized carbons (Fsp3) is 0.158. The highest BCUT2D eigenvalue weighted by molar-refractivity contribution is 5.72. The molecule has 1 N–H and O–H groups in total. The van der Waals surface area contributed by atoms with Gasteiger partial charge in [-0.05, 0) is 23.8 Å². The number of anilines is 1. The van der Waals surface area contributed by atoms with Gasteiger partial charge in [0.15, 0.2) is 5.82 Å². The van der Waals surface area contributed by atoms with Gasteiger partial charge in [-0.15, -0.1) is 0 Å². The Morgan fingerprint density at radius 2 is 1.32 bits per heavy atom. The van der Waals surface area contributed by atoms with Gasteiger partial charge in [-0.2, -0.15) is 26.3 Å². The topological polar surface area (TPSA) is 37.8 Å². The van der Waals surface area contributed by atoms with Crippen molar-refractivity contribution < 1.29 is 26.3 Å². The van der Waals surface area contributed by atoms with E-state index in [2.05, 4.69) is 15.3 Å². The van der Waals surface area contributed by atoms with E-state index in [4.69, 9.17) is 0 Å². The molecule has 1 aromatic heterocycles. The summed E-state index contributed by atoms with van der Waals surface area (Å²) in [6.45, 7) is 0.275. The Morgan fingerprint density at radius 1 is 0.750 bits per heavy atom. The molecule has 0 amide bonds. The van der Waals surface area contributed by atoms with Gasteiger partial charge in [0.05, 0.1) is 11.1 Å². The Bertz CT molecular complexity index is 920. The second-order valence-corrected chi connectivity index (χ2v) is 5.89. The van der Waals surface area contributed by atoms with Gasteiger partial charge < -0.3 is 5.32 Å². The number of alkyl halides is 6. The van der Waals surface area contributed by atoms with Crippen molar-refractivity contribution in [3.05, 3.63) is 77.6 Å². The number of rotatable bonds is 4. The minimum Gasteiger partial charge on any atom is -0.364 e. The van der Waals surface area contributed by atoms with Crippen LogP contribution < -0.4 is 5.32 Å². The van der Waals surface area contributed by atoms with Crippen LogP contribution in [-0.4, -0.2) is 9.97 Å².